The molecule has 1 saturated carbocycles. The van der Waals surface area contributed by atoms with Crippen molar-refractivity contribution in [3.8, 4) is 0 Å². The molecule has 3 fully saturated rings. The minimum absolute atomic E-state index is 0.0790. The number of methoxy groups -OCH3 is 1. The van der Waals surface area contributed by atoms with Gasteiger partial charge in [-0.2, -0.15) is 0 Å². The summed E-state index contributed by atoms with van der Waals surface area (Å²) in [5.74, 6) is 0.495. The monoisotopic (exact) mass is 343 g/mol. The van der Waals surface area contributed by atoms with Crippen molar-refractivity contribution < 1.29 is 19.1 Å². The van der Waals surface area contributed by atoms with E-state index >= 15 is 0 Å². The molecule has 25 heavy (non-hydrogen) atoms. The zero-order chi connectivity index (χ0) is 17.4. The van der Waals surface area contributed by atoms with Crippen molar-refractivity contribution in [3.05, 3.63) is 35.9 Å². The van der Waals surface area contributed by atoms with Crippen LogP contribution in [0, 0.1) is 17.8 Å². The number of likely N-dealkylation sites (tertiary alicyclic amines) is 1. The topological polar surface area (TPSA) is 59.1 Å². The number of benzene rings is 1. The predicted molar refractivity (Wildman–Crippen MR) is 91.7 cm³/mol. The number of ether oxygens (including phenoxy) is 2. The molecule has 1 aromatic rings. The van der Waals surface area contributed by atoms with Gasteiger partial charge >= 0.3 is 5.97 Å². The van der Waals surface area contributed by atoms with Crippen molar-refractivity contribution >= 4 is 11.9 Å². The Labute approximate surface area is 148 Å². The highest BCUT2D eigenvalue weighted by atomic mass is 16.6. The van der Waals surface area contributed by atoms with Gasteiger partial charge < -0.3 is 14.4 Å². The number of hydrogen-bond donors (Lipinski definition) is 0. The van der Waals surface area contributed by atoms with Crippen molar-refractivity contribution in [2.24, 2.45) is 17.8 Å². The summed E-state index contributed by atoms with van der Waals surface area (Å²) >= 11 is 0. The van der Waals surface area contributed by atoms with Gasteiger partial charge in [0.15, 0.2) is 0 Å². The molecular weight excluding hydrogens is 318 g/mol. The first-order chi connectivity index (χ1) is 12.1. The highest BCUT2D eigenvalue weighted by Gasteiger charge is 2.51. The smallest absolute Gasteiger partial charge is 0.309 e. The van der Waals surface area contributed by atoms with Crippen molar-refractivity contribution in [1.29, 1.82) is 0 Å². The number of esters is 1. The standard InChI is InChI=1S/C20H25NO4/c1-24-20(23)14(7-13-5-3-2-4-6-13)10-19(22)21-11-15-8-17-18(25-17)9-16(15)12-21/h2-6,14-18H,7-12H2,1H3/t14-,15+,16+,17-,18-/m0/s1. The zero-order valence-corrected chi connectivity index (χ0v) is 14.6. The highest BCUT2D eigenvalue weighted by Crippen LogP contribution is 2.46. The number of hydrogen-bond acceptors (Lipinski definition) is 4. The fourth-order valence-electron chi connectivity index (χ4n) is 4.51. The third kappa shape index (κ3) is 3.56. The minimum Gasteiger partial charge on any atom is -0.469 e. The van der Waals surface area contributed by atoms with Crippen LogP contribution in [0.25, 0.3) is 0 Å². The normalized spacial score (nSPS) is 31.0. The second-order valence-corrected chi connectivity index (χ2v) is 7.62. The van der Waals surface area contributed by atoms with Crippen molar-refractivity contribution in [2.45, 2.75) is 37.9 Å². The van der Waals surface area contributed by atoms with E-state index in [0.29, 0.717) is 30.5 Å². The molecule has 0 aromatic heterocycles. The Bertz CT molecular complexity index is 628. The van der Waals surface area contributed by atoms with Gasteiger partial charge in [0, 0.05) is 19.5 Å². The van der Waals surface area contributed by atoms with Gasteiger partial charge in [-0.3, -0.25) is 9.59 Å². The summed E-state index contributed by atoms with van der Waals surface area (Å²) in [6.45, 7) is 1.63. The number of fused-ring (bicyclic) bond motifs is 2. The van der Waals surface area contributed by atoms with E-state index in [1.54, 1.807) is 0 Å². The number of nitrogens with zero attached hydrogens (tertiary/aromatic N) is 1. The summed E-state index contributed by atoms with van der Waals surface area (Å²) in [5, 5.41) is 0. The summed E-state index contributed by atoms with van der Waals surface area (Å²) in [6, 6.07) is 9.81. The van der Waals surface area contributed by atoms with Gasteiger partial charge in [-0.25, -0.2) is 0 Å². The molecule has 0 radical (unpaired) electrons. The number of rotatable bonds is 5. The molecule has 5 atom stereocenters. The van der Waals surface area contributed by atoms with Crippen LogP contribution in [0.15, 0.2) is 30.3 Å². The third-order valence-corrected chi connectivity index (χ3v) is 5.97. The molecule has 2 saturated heterocycles. The molecule has 2 aliphatic heterocycles. The van der Waals surface area contributed by atoms with Gasteiger partial charge in [0.25, 0.3) is 0 Å². The molecule has 1 aliphatic carbocycles. The largest absolute Gasteiger partial charge is 0.469 e. The van der Waals surface area contributed by atoms with Gasteiger partial charge in [0.1, 0.15) is 0 Å². The fraction of sp³-hybridized carbons (Fsp3) is 0.600. The molecule has 2 heterocycles. The molecule has 134 valence electrons. The van der Waals surface area contributed by atoms with Gasteiger partial charge in [-0.15, -0.1) is 0 Å². The van der Waals surface area contributed by atoms with E-state index in [4.69, 9.17) is 9.47 Å². The minimum atomic E-state index is -0.417. The van der Waals surface area contributed by atoms with Gasteiger partial charge in [-0.1, -0.05) is 30.3 Å². The molecule has 5 heteroatoms. The SMILES string of the molecule is COC(=O)[C@H](CC(=O)N1C[C@H]2C[C@@H]3O[C@H]3C[C@@H]2C1)Cc1ccccc1. The van der Waals surface area contributed by atoms with Gasteiger partial charge in [0.05, 0.1) is 25.2 Å². The van der Waals surface area contributed by atoms with Gasteiger partial charge in [0.2, 0.25) is 5.91 Å². The number of carbonyl (C=O) groups excluding carboxylic acids is 2. The number of carbonyl (C=O) groups is 2. The molecule has 0 N–H and O–H groups in total. The maximum atomic E-state index is 12.8. The van der Waals surface area contributed by atoms with Crippen LogP contribution in [0.2, 0.25) is 0 Å². The lowest BCUT2D eigenvalue weighted by Gasteiger charge is -2.20. The first-order valence-corrected chi connectivity index (χ1v) is 9.19. The molecule has 4 rings (SSSR count). The van der Waals surface area contributed by atoms with Crippen LogP contribution in [-0.2, 0) is 25.5 Å². The Morgan fingerprint density at radius 2 is 1.80 bits per heavy atom. The van der Waals surface area contributed by atoms with Gasteiger partial charge in [-0.05, 0) is 36.7 Å². The van der Waals surface area contributed by atoms with E-state index in [9.17, 15) is 9.59 Å². The van der Waals surface area contributed by atoms with Crippen molar-refractivity contribution in [2.75, 3.05) is 20.2 Å². The molecule has 1 aromatic carbocycles. The van der Waals surface area contributed by atoms with E-state index in [1.807, 2.05) is 35.2 Å². The quantitative estimate of drug-likeness (QED) is 0.606. The summed E-state index contributed by atoms with van der Waals surface area (Å²) in [5.41, 5.74) is 1.05. The number of amides is 1. The molecule has 0 unspecified atom stereocenters. The van der Waals surface area contributed by atoms with Crippen LogP contribution >= 0.6 is 0 Å². The van der Waals surface area contributed by atoms with Crippen LogP contribution in [0.5, 0.6) is 0 Å². The molecule has 3 aliphatic rings. The first-order valence-electron chi connectivity index (χ1n) is 9.19. The maximum Gasteiger partial charge on any atom is 0.309 e. The highest BCUT2D eigenvalue weighted by molar-refractivity contribution is 5.83. The average molecular weight is 343 g/mol. The second kappa shape index (κ2) is 6.79. The lowest BCUT2D eigenvalue weighted by molar-refractivity contribution is -0.148. The Morgan fingerprint density at radius 3 is 2.40 bits per heavy atom. The molecule has 5 nitrogen and oxygen atoms in total. The van der Waals surface area contributed by atoms with Crippen molar-refractivity contribution in [1.82, 2.24) is 4.90 Å². The lowest BCUT2D eigenvalue weighted by Crippen LogP contribution is -2.33. The Kier molecular flexibility index (Phi) is 4.50. The summed E-state index contributed by atoms with van der Waals surface area (Å²) < 4.78 is 10.6. The summed E-state index contributed by atoms with van der Waals surface area (Å²) in [7, 11) is 1.39. The summed E-state index contributed by atoms with van der Waals surface area (Å²) in [6.07, 6.45) is 3.82. The number of epoxide rings is 1. The van der Waals surface area contributed by atoms with E-state index in [-0.39, 0.29) is 18.3 Å². The Balaban J connectivity index is 1.38. The van der Waals surface area contributed by atoms with Crippen LogP contribution in [0.3, 0.4) is 0 Å². The predicted octanol–water partition coefficient (Wildman–Crippen LogP) is 2.04. The molecular formula is C20H25NO4. The van der Waals surface area contributed by atoms with Crippen LogP contribution < -0.4 is 0 Å². The Morgan fingerprint density at radius 1 is 1.16 bits per heavy atom. The first kappa shape index (κ1) is 16.6. The maximum absolute atomic E-state index is 12.8. The van der Waals surface area contributed by atoms with E-state index in [2.05, 4.69) is 0 Å². The molecule has 1 amide bonds. The zero-order valence-electron chi connectivity index (χ0n) is 14.6. The Hall–Kier alpha value is -1.88. The molecule has 0 spiro atoms. The average Bonchev–Trinajstić information content (AvgIpc) is 3.26. The van der Waals surface area contributed by atoms with Crippen LogP contribution in [-0.4, -0.2) is 49.2 Å². The van der Waals surface area contributed by atoms with E-state index in [1.165, 1.54) is 7.11 Å². The van der Waals surface area contributed by atoms with E-state index in [0.717, 1.165) is 31.5 Å². The van der Waals surface area contributed by atoms with Crippen molar-refractivity contribution in [3.63, 3.8) is 0 Å². The van der Waals surface area contributed by atoms with Crippen LogP contribution in [0.1, 0.15) is 24.8 Å². The van der Waals surface area contributed by atoms with E-state index < -0.39 is 5.92 Å². The molecule has 0 bridgehead atoms. The third-order valence-electron chi connectivity index (χ3n) is 5.97. The lowest BCUT2D eigenvalue weighted by atomic mass is 9.82. The van der Waals surface area contributed by atoms with Crippen LogP contribution in [0.4, 0.5) is 0 Å². The second-order valence-electron chi connectivity index (χ2n) is 7.62. The fourth-order valence-corrected chi connectivity index (χ4v) is 4.51. The summed E-state index contributed by atoms with van der Waals surface area (Å²) in [4.78, 5) is 26.9.